The zero-order valence-electron chi connectivity index (χ0n) is 12.2. The Bertz CT molecular complexity index is 303. The quantitative estimate of drug-likeness (QED) is 0.818. The average Bonchev–Trinajstić information content (AvgIpc) is 2.42. The van der Waals surface area contributed by atoms with Gasteiger partial charge in [0, 0.05) is 31.2 Å². The van der Waals surface area contributed by atoms with Gasteiger partial charge >= 0.3 is 0 Å². The molecule has 1 saturated heterocycles. The second-order valence-corrected chi connectivity index (χ2v) is 6.40. The first-order valence-electron chi connectivity index (χ1n) is 7.71. The lowest BCUT2D eigenvalue weighted by atomic mass is 9.77. The smallest absolute Gasteiger partial charge is 0.223 e. The summed E-state index contributed by atoms with van der Waals surface area (Å²) in [4.78, 5) is 12.4. The first-order chi connectivity index (χ1) is 9.08. The molecule has 4 unspecified atom stereocenters. The molecule has 4 nitrogen and oxygen atoms in total. The van der Waals surface area contributed by atoms with Crippen LogP contribution in [0.5, 0.6) is 0 Å². The molecular formula is C15H28N2O2. The molecule has 3 N–H and O–H groups in total. The van der Waals surface area contributed by atoms with Crippen molar-refractivity contribution in [3.05, 3.63) is 0 Å². The largest absolute Gasteiger partial charge is 0.381 e. The van der Waals surface area contributed by atoms with E-state index in [0.717, 1.165) is 45.3 Å². The minimum Gasteiger partial charge on any atom is -0.381 e. The topological polar surface area (TPSA) is 64.4 Å². The van der Waals surface area contributed by atoms with Gasteiger partial charge in [0.1, 0.15) is 0 Å². The number of amides is 1. The Morgan fingerprint density at radius 3 is 2.63 bits per heavy atom. The zero-order valence-corrected chi connectivity index (χ0v) is 12.2. The van der Waals surface area contributed by atoms with Gasteiger partial charge < -0.3 is 15.8 Å². The van der Waals surface area contributed by atoms with Crippen molar-refractivity contribution in [1.82, 2.24) is 5.32 Å². The second-order valence-electron chi connectivity index (χ2n) is 6.40. The van der Waals surface area contributed by atoms with E-state index in [1.807, 2.05) is 0 Å². The van der Waals surface area contributed by atoms with Gasteiger partial charge in [0.15, 0.2) is 0 Å². The fourth-order valence-corrected chi connectivity index (χ4v) is 3.39. The van der Waals surface area contributed by atoms with E-state index >= 15 is 0 Å². The summed E-state index contributed by atoms with van der Waals surface area (Å²) in [5.74, 6) is 1.33. The van der Waals surface area contributed by atoms with Crippen LogP contribution in [0.3, 0.4) is 0 Å². The number of carbonyl (C=O) groups excluding carboxylic acids is 1. The van der Waals surface area contributed by atoms with Crippen LogP contribution in [0.4, 0.5) is 0 Å². The molecule has 1 aliphatic carbocycles. The minimum atomic E-state index is 0.103. The predicted octanol–water partition coefficient (Wildman–Crippen LogP) is 1.68. The maximum Gasteiger partial charge on any atom is 0.223 e. The molecule has 2 fully saturated rings. The Morgan fingerprint density at radius 2 is 1.95 bits per heavy atom. The van der Waals surface area contributed by atoms with Gasteiger partial charge in [0.05, 0.1) is 0 Å². The van der Waals surface area contributed by atoms with Gasteiger partial charge in [-0.15, -0.1) is 0 Å². The van der Waals surface area contributed by atoms with Crippen LogP contribution in [0.2, 0.25) is 0 Å². The van der Waals surface area contributed by atoms with E-state index in [1.165, 1.54) is 0 Å². The van der Waals surface area contributed by atoms with Crippen LogP contribution in [0.15, 0.2) is 0 Å². The molecule has 4 atom stereocenters. The van der Waals surface area contributed by atoms with Gasteiger partial charge in [0.25, 0.3) is 0 Å². The highest BCUT2D eigenvalue weighted by Crippen LogP contribution is 2.29. The summed E-state index contributed by atoms with van der Waals surface area (Å²) in [7, 11) is 0. The molecule has 4 heteroatoms. The molecule has 110 valence electrons. The van der Waals surface area contributed by atoms with Crippen LogP contribution >= 0.6 is 0 Å². The molecule has 1 heterocycles. The normalized spacial score (nSPS) is 34.8. The average molecular weight is 268 g/mol. The molecule has 0 aromatic rings. The molecule has 0 radical (unpaired) electrons. The van der Waals surface area contributed by atoms with Crippen LogP contribution < -0.4 is 11.1 Å². The van der Waals surface area contributed by atoms with E-state index in [0.29, 0.717) is 11.8 Å². The summed E-state index contributed by atoms with van der Waals surface area (Å²) in [6, 6.07) is 0.451. The minimum absolute atomic E-state index is 0.103. The third-order valence-electron chi connectivity index (χ3n) is 4.92. The number of nitrogens with one attached hydrogen (secondary N) is 1. The zero-order chi connectivity index (χ0) is 13.8. The summed E-state index contributed by atoms with van der Waals surface area (Å²) in [6.45, 7) is 5.96. The van der Waals surface area contributed by atoms with Crippen molar-refractivity contribution in [2.24, 2.45) is 23.5 Å². The van der Waals surface area contributed by atoms with Crippen molar-refractivity contribution in [2.45, 2.75) is 58.0 Å². The van der Waals surface area contributed by atoms with Gasteiger partial charge in [-0.25, -0.2) is 0 Å². The molecule has 1 amide bonds. The summed E-state index contributed by atoms with van der Waals surface area (Å²) >= 11 is 0. The maximum atomic E-state index is 12.4. The first kappa shape index (κ1) is 14.8. The number of hydrogen-bond acceptors (Lipinski definition) is 3. The van der Waals surface area contributed by atoms with E-state index < -0.39 is 0 Å². The lowest BCUT2D eigenvalue weighted by Crippen LogP contribution is -2.47. The molecule has 1 saturated carbocycles. The van der Waals surface area contributed by atoms with Crippen molar-refractivity contribution in [3.8, 4) is 0 Å². The second kappa shape index (κ2) is 6.71. The number of nitrogens with two attached hydrogens (primary N) is 1. The Kier molecular flexibility index (Phi) is 5.22. The summed E-state index contributed by atoms with van der Waals surface area (Å²) in [5.41, 5.74) is 6.00. The molecule has 1 aliphatic heterocycles. The van der Waals surface area contributed by atoms with Crippen LogP contribution in [0.25, 0.3) is 0 Å². The number of hydrogen-bond donors (Lipinski definition) is 2. The van der Waals surface area contributed by atoms with Crippen LogP contribution in [-0.4, -0.2) is 31.2 Å². The molecule has 2 rings (SSSR count). The summed E-state index contributed by atoms with van der Waals surface area (Å²) in [6.07, 6.45) is 5.08. The van der Waals surface area contributed by atoms with Crippen LogP contribution in [0.1, 0.15) is 46.0 Å². The fraction of sp³-hybridized carbons (Fsp3) is 0.933. The third kappa shape index (κ3) is 3.93. The number of rotatable bonds is 3. The molecule has 19 heavy (non-hydrogen) atoms. The molecular weight excluding hydrogens is 240 g/mol. The van der Waals surface area contributed by atoms with Crippen molar-refractivity contribution >= 4 is 5.91 Å². The Hall–Kier alpha value is -0.610. The van der Waals surface area contributed by atoms with Crippen LogP contribution in [0, 0.1) is 17.8 Å². The van der Waals surface area contributed by atoms with E-state index in [4.69, 9.17) is 10.5 Å². The Balaban J connectivity index is 1.85. The van der Waals surface area contributed by atoms with Crippen LogP contribution in [-0.2, 0) is 9.53 Å². The SMILES string of the molecule is CC1CCC(N)CC1C(=O)NC(C)C1CCOCC1. The third-order valence-corrected chi connectivity index (χ3v) is 4.92. The van der Waals surface area contributed by atoms with Crippen molar-refractivity contribution in [1.29, 1.82) is 0 Å². The lowest BCUT2D eigenvalue weighted by Gasteiger charge is -2.34. The number of carbonyl (C=O) groups is 1. The standard InChI is InChI=1S/C15H28N2O2/c1-10-3-4-13(16)9-14(10)15(18)17-11(2)12-5-7-19-8-6-12/h10-14H,3-9,16H2,1-2H3,(H,17,18). The predicted molar refractivity (Wildman–Crippen MR) is 75.6 cm³/mol. The Morgan fingerprint density at radius 1 is 1.26 bits per heavy atom. The molecule has 0 aromatic carbocycles. The van der Waals surface area contributed by atoms with Gasteiger partial charge in [0.2, 0.25) is 5.91 Å². The molecule has 2 aliphatic rings. The highest BCUT2D eigenvalue weighted by Gasteiger charge is 2.32. The summed E-state index contributed by atoms with van der Waals surface area (Å²) in [5, 5.41) is 3.22. The van der Waals surface area contributed by atoms with E-state index in [1.54, 1.807) is 0 Å². The first-order valence-corrected chi connectivity index (χ1v) is 7.71. The van der Waals surface area contributed by atoms with Gasteiger partial charge in [-0.3, -0.25) is 4.79 Å². The van der Waals surface area contributed by atoms with Crippen molar-refractivity contribution in [3.63, 3.8) is 0 Å². The van der Waals surface area contributed by atoms with E-state index in [2.05, 4.69) is 19.2 Å². The van der Waals surface area contributed by atoms with Gasteiger partial charge in [-0.2, -0.15) is 0 Å². The molecule has 0 spiro atoms. The summed E-state index contributed by atoms with van der Waals surface area (Å²) < 4.78 is 5.37. The van der Waals surface area contributed by atoms with Crippen molar-refractivity contribution < 1.29 is 9.53 Å². The van der Waals surface area contributed by atoms with E-state index in [9.17, 15) is 4.79 Å². The molecule has 0 aromatic heterocycles. The highest BCUT2D eigenvalue weighted by molar-refractivity contribution is 5.79. The highest BCUT2D eigenvalue weighted by atomic mass is 16.5. The Labute approximate surface area is 116 Å². The van der Waals surface area contributed by atoms with Gasteiger partial charge in [-0.05, 0) is 50.9 Å². The van der Waals surface area contributed by atoms with E-state index in [-0.39, 0.29) is 23.9 Å². The van der Waals surface area contributed by atoms with Crippen molar-refractivity contribution in [2.75, 3.05) is 13.2 Å². The lowest BCUT2D eigenvalue weighted by molar-refractivity contribution is -0.129. The molecule has 0 bridgehead atoms. The fourth-order valence-electron chi connectivity index (χ4n) is 3.39. The van der Waals surface area contributed by atoms with Gasteiger partial charge in [-0.1, -0.05) is 6.92 Å². The monoisotopic (exact) mass is 268 g/mol. The number of ether oxygens (including phenoxy) is 1. The maximum absolute atomic E-state index is 12.4.